The van der Waals surface area contributed by atoms with Gasteiger partial charge in [0, 0.05) is 51.0 Å². The molecule has 1 saturated heterocycles. The van der Waals surface area contributed by atoms with Crippen molar-refractivity contribution in [2.45, 2.75) is 43.4 Å². The quantitative estimate of drug-likeness (QED) is 0.841. The first-order chi connectivity index (χ1) is 12.0. The normalized spacial score (nSPS) is 32.1. The first-order valence-corrected chi connectivity index (χ1v) is 8.62. The third-order valence-electron chi connectivity index (χ3n) is 5.86. The molecule has 3 heterocycles. The van der Waals surface area contributed by atoms with E-state index in [1.165, 1.54) is 10.9 Å². The zero-order chi connectivity index (χ0) is 17.2. The van der Waals surface area contributed by atoms with Gasteiger partial charge in [-0.15, -0.1) is 0 Å². The number of nitrogens with zero attached hydrogens (tertiary/aromatic N) is 6. The molecule has 134 valence electrons. The number of hydrogen-bond donors (Lipinski definition) is 0. The van der Waals surface area contributed by atoms with Crippen LogP contribution in [0, 0.1) is 0 Å². The molecule has 1 aliphatic heterocycles. The summed E-state index contributed by atoms with van der Waals surface area (Å²) in [6, 6.07) is 0. The maximum Gasteiger partial charge on any atom is 0.258 e. The van der Waals surface area contributed by atoms with Gasteiger partial charge >= 0.3 is 0 Å². The van der Waals surface area contributed by atoms with Crippen LogP contribution in [0.5, 0.6) is 0 Å². The molecule has 0 aromatic carbocycles. The summed E-state index contributed by atoms with van der Waals surface area (Å²) in [6.45, 7) is 2.81. The Balaban J connectivity index is 1.31. The Hall–Kier alpha value is -1.90. The van der Waals surface area contributed by atoms with Gasteiger partial charge in [-0.25, -0.2) is 27.8 Å². The Kier molecular flexibility index (Phi) is 3.11. The fraction of sp³-hybridized carbons (Fsp3) is 0.688. The van der Waals surface area contributed by atoms with E-state index >= 15 is 0 Å². The van der Waals surface area contributed by atoms with Crippen LogP contribution in [0.1, 0.15) is 19.3 Å². The van der Waals surface area contributed by atoms with Crippen molar-refractivity contribution >= 4 is 17.0 Å². The van der Waals surface area contributed by atoms with Gasteiger partial charge in [-0.1, -0.05) is 0 Å². The maximum atomic E-state index is 13.7. The maximum absolute atomic E-state index is 13.7. The molecule has 6 rings (SSSR count). The molecule has 4 fully saturated rings. The summed E-state index contributed by atoms with van der Waals surface area (Å²) in [4.78, 5) is 13.3. The van der Waals surface area contributed by atoms with Crippen LogP contribution in [0.2, 0.25) is 0 Å². The smallest absolute Gasteiger partial charge is 0.258 e. The van der Waals surface area contributed by atoms with E-state index in [9.17, 15) is 13.2 Å². The topological polar surface area (TPSA) is 50.1 Å². The Bertz CT molecular complexity index is 794. The van der Waals surface area contributed by atoms with Crippen molar-refractivity contribution < 1.29 is 13.2 Å². The number of halogens is 3. The lowest BCUT2D eigenvalue weighted by molar-refractivity contribution is -0.227. The summed E-state index contributed by atoms with van der Waals surface area (Å²) in [5.41, 5.74) is 0.132. The third-order valence-corrected chi connectivity index (χ3v) is 5.86. The molecule has 3 aliphatic carbocycles. The second-order valence-electron chi connectivity index (χ2n) is 7.53. The summed E-state index contributed by atoms with van der Waals surface area (Å²) in [7, 11) is 0. The van der Waals surface area contributed by atoms with E-state index < -0.39 is 18.6 Å². The van der Waals surface area contributed by atoms with E-state index in [2.05, 4.69) is 24.9 Å². The molecule has 0 atom stereocenters. The lowest BCUT2D eigenvalue weighted by atomic mass is 9.46. The Morgan fingerprint density at radius 3 is 2.44 bits per heavy atom. The average Bonchev–Trinajstić information content (AvgIpc) is 2.93. The van der Waals surface area contributed by atoms with Gasteiger partial charge in [0.15, 0.2) is 5.65 Å². The first kappa shape index (κ1) is 15.4. The summed E-state index contributed by atoms with van der Waals surface area (Å²) in [5, 5.41) is 3.95. The summed E-state index contributed by atoms with van der Waals surface area (Å²) in [5.74, 6) is 0.683. The van der Waals surface area contributed by atoms with Gasteiger partial charge < -0.3 is 4.90 Å². The predicted molar refractivity (Wildman–Crippen MR) is 85.5 cm³/mol. The molecule has 2 bridgehead atoms. The molecule has 2 aromatic heterocycles. The zero-order valence-corrected chi connectivity index (χ0v) is 13.7. The lowest BCUT2D eigenvalue weighted by Gasteiger charge is -2.70. The van der Waals surface area contributed by atoms with Crippen LogP contribution in [0.15, 0.2) is 12.4 Å². The number of alkyl halides is 3. The van der Waals surface area contributed by atoms with Crippen molar-refractivity contribution in [3.05, 3.63) is 12.4 Å². The van der Waals surface area contributed by atoms with E-state index in [0.29, 0.717) is 36.2 Å². The second-order valence-corrected chi connectivity index (χ2v) is 7.53. The largest absolute Gasteiger partial charge is 0.353 e. The van der Waals surface area contributed by atoms with E-state index in [-0.39, 0.29) is 5.54 Å². The second kappa shape index (κ2) is 5.06. The molecule has 0 amide bonds. The molecule has 0 radical (unpaired) electrons. The number of hydrogen-bond acceptors (Lipinski definition) is 5. The van der Waals surface area contributed by atoms with Gasteiger partial charge in [0.2, 0.25) is 0 Å². The fourth-order valence-electron chi connectivity index (χ4n) is 4.62. The number of aromatic nitrogens is 4. The molecule has 6 nitrogen and oxygen atoms in total. The van der Waals surface area contributed by atoms with Crippen molar-refractivity contribution in [1.82, 2.24) is 24.6 Å². The van der Waals surface area contributed by atoms with Crippen LogP contribution < -0.4 is 4.90 Å². The highest BCUT2D eigenvalue weighted by molar-refractivity contribution is 5.71. The van der Waals surface area contributed by atoms with Gasteiger partial charge in [0.25, 0.3) is 6.43 Å². The molecule has 0 N–H and O–H groups in total. The van der Waals surface area contributed by atoms with E-state index in [1.54, 1.807) is 6.20 Å². The van der Waals surface area contributed by atoms with Crippen molar-refractivity contribution in [1.29, 1.82) is 0 Å². The van der Waals surface area contributed by atoms with Crippen LogP contribution >= 0.6 is 0 Å². The van der Waals surface area contributed by atoms with E-state index in [1.807, 2.05) is 0 Å². The SMILES string of the molecule is FC(F)Cn1ncc2ncc(N3CCN(C45CC(F)(C4)C5)CC3)nc21. The van der Waals surface area contributed by atoms with Gasteiger partial charge in [-0.05, 0) is 0 Å². The van der Waals surface area contributed by atoms with Gasteiger partial charge in [0.05, 0.1) is 12.4 Å². The summed E-state index contributed by atoms with van der Waals surface area (Å²) in [6.07, 6.45) is 2.69. The summed E-state index contributed by atoms with van der Waals surface area (Å²) >= 11 is 0. The number of fused-ring (bicyclic) bond motifs is 1. The molecule has 2 aromatic rings. The molecule has 0 unspecified atom stereocenters. The minimum atomic E-state index is -2.48. The molecule has 3 saturated carbocycles. The number of rotatable bonds is 4. The van der Waals surface area contributed by atoms with Crippen molar-refractivity contribution in [2.75, 3.05) is 31.1 Å². The number of piperazine rings is 1. The Morgan fingerprint density at radius 1 is 1.08 bits per heavy atom. The van der Waals surface area contributed by atoms with Crippen molar-refractivity contribution in [3.8, 4) is 0 Å². The Labute approximate surface area is 142 Å². The highest BCUT2D eigenvalue weighted by Gasteiger charge is 2.71. The van der Waals surface area contributed by atoms with E-state index in [0.717, 1.165) is 26.2 Å². The third kappa shape index (κ3) is 2.32. The molecular weight excluding hydrogens is 333 g/mol. The minimum absolute atomic E-state index is 0.104. The van der Waals surface area contributed by atoms with Gasteiger partial charge in [-0.3, -0.25) is 4.90 Å². The van der Waals surface area contributed by atoms with Crippen molar-refractivity contribution in [3.63, 3.8) is 0 Å². The van der Waals surface area contributed by atoms with Crippen LogP contribution in [0.25, 0.3) is 11.2 Å². The van der Waals surface area contributed by atoms with E-state index in [4.69, 9.17) is 0 Å². The Morgan fingerprint density at radius 2 is 1.80 bits per heavy atom. The standard InChI is InChI=1S/C16H19F3N6/c17-12(18)7-25-14-11(5-21-25)20-6-13(22-14)23-1-3-24(4-2-23)16-8-15(19,9-16)10-16/h5-6,12H,1-4,7-10H2. The summed E-state index contributed by atoms with van der Waals surface area (Å²) < 4.78 is 40.3. The molecular formula is C16H19F3N6. The van der Waals surface area contributed by atoms with Crippen LogP contribution in [0.3, 0.4) is 0 Å². The van der Waals surface area contributed by atoms with Crippen LogP contribution in [-0.4, -0.2) is 68.5 Å². The highest BCUT2D eigenvalue weighted by atomic mass is 19.3. The van der Waals surface area contributed by atoms with Crippen LogP contribution in [0.4, 0.5) is 19.0 Å². The number of anilines is 1. The van der Waals surface area contributed by atoms with Gasteiger partial charge in [-0.2, -0.15) is 5.10 Å². The highest BCUT2D eigenvalue weighted by Crippen LogP contribution is 2.65. The molecule has 4 aliphatic rings. The fourth-order valence-corrected chi connectivity index (χ4v) is 4.62. The molecule has 9 heteroatoms. The minimum Gasteiger partial charge on any atom is -0.353 e. The predicted octanol–water partition coefficient (Wildman–Crippen LogP) is 1.86. The molecule has 25 heavy (non-hydrogen) atoms. The first-order valence-electron chi connectivity index (χ1n) is 8.62. The molecule has 0 spiro atoms. The van der Waals surface area contributed by atoms with Crippen LogP contribution in [-0.2, 0) is 6.54 Å². The van der Waals surface area contributed by atoms with Gasteiger partial charge in [0.1, 0.15) is 23.5 Å². The zero-order valence-electron chi connectivity index (χ0n) is 13.7. The van der Waals surface area contributed by atoms with Crippen molar-refractivity contribution in [2.24, 2.45) is 0 Å². The average molecular weight is 352 g/mol. The lowest BCUT2D eigenvalue weighted by Crippen LogP contribution is -2.78. The monoisotopic (exact) mass is 352 g/mol.